The molecule has 2 aliphatic rings. The van der Waals surface area contributed by atoms with Gasteiger partial charge in [-0.1, -0.05) is 44.2 Å². The van der Waals surface area contributed by atoms with Crippen LogP contribution in [0.3, 0.4) is 0 Å². The summed E-state index contributed by atoms with van der Waals surface area (Å²) in [5.41, 5.74) is 1.28. The molecule has 0 fully saturated rings. The molecular weight excluding hydrogens is 358 g/mol. The molecule has 3 rings (SSSR count). The van der Waals surface area contributed by atoms with Gasteiger partial charge in [-0.2, -0.15) is 4.72 Å². The van der Waals surface area contributed by atoms with Gasteiger partial charge in [0, 0.05) is 10.1 Å². The van der Waals surface area contributed by atoms with Crippen LogP contribution in [0.25, 0.3) is 0 Å². The third-order valence-corrected chi connectivity index (χ3v) is 7.34. The second-order valence-corrected chi connectivity index (χ2v) is 9.60. The maximum atomic E-state index is 12.6. The standard InChI is InChI=1S/C18H21NO4S2/c1-11(2)17(18(20)21)19-25(22,23)14-8-7-13-9-12-5-3-4-6-15(12)24-16(13)10-14/h3-8,10-11,13,16-17,19H,9H2,1-2H3,(H,20,21). The van der Waals surface area contributed by atoms with Gasteiger partial charge >= 0.3 is 5.97 Å². The van der Waals surface area contributed by atoms with Crippen molar-refractivity contribution in [2.75, 3.05) is 0 Å². The molecule has 1 aromatic rings. The number of thioether (sulfide) groups is 1. The van der Waals surface area contributed by atoms with E-state index < -0.39 is 22.0 Å². The molecule has 25 heavy (non-hydrogen) atoms. The summed E-state index contributed by atoms with van der Waals surface area (Å²) in [5, 5.41) is 9.27. The van der Waals surface area contributed by atoms with Gasteiger partial charge in [0.25, 0.3) is 0 Å². The maximum Gasteiger partial charge on any atom is 0.322 e. The van der Waals surface area contributed by atoms with E-state index in [1.807, 2.05) is 24.3 Å². The summed E-state index contributed by atoms with van der Waals surface area (Å²) in [6, 6.07) is 7.00. The minimum Gasteiger partial charge on any atom is -0.480 e. The number of rotatable bonds is 5. The number of aliphatic carboxylic acids is 1. The number of carboxylic acid groups (broad SMARTS) is 1. The second kappa shape index (κ2) is 6.97. The molecule has 0 radical (unpaired) electrons. The van der Waals surface area contributed by atoms with Gasteiger partial charge in [0.1, 0.15) is 6.04 Å². The Hall–Kier alpha value is -1.57. The molecule has 3 unspecified atom stereocenters. The number of carboxylic acids is 1. The first kappa shape index (κ1) is 18.2. The number of carbonyl (C=O) groups is 1. The van der Waals surface area contributed by atoms with Crippen LogP contribution in [0.4, 0.5) is 0 Å². The normalized spacial score (nSPS) is 23.6. The van der Waals surface area contributed by atoms with Gasteiger partial charge in [0.15, 0.2) is 0 Å². The summed E-state index contributed by atoms with van der Waals surface area (Å²) < 4.78 is 27.6. The number of sulfonamides is 1. The Bertz CT molecular complexity index is 842. The van der Waals surface area contributed by atoms with Gasteiger partial charge < -0.3 is 5.11 Å². The number of benzene rings is 1. The summed E-state index contributed by atoms with van der Waals surface area (Å²) in [5.74, 6) is -1.26. The van der Waals surface area contributed by atoms with Gasteiger partial charge in [0.05, 0.1) is 4.91 Å². The number of hydrogen-bond donors (Lipinski definition) is 2. The van der Waals surface area contributed by atoms with Crippen molar-refractivity contribution in [3.63, 3.8) is 0 Å². The summed E-state index contributed by atoms with van der Waals surface area (Å²) in [6.07, 6.45) is 6.14. The fourth-order valence-electron chi connectivity index (χ4n) is 3.05. The third-order valence-electron chi connectivity index (χ3n) is 4.47. The van der Waals surface area contributed by atoms with Gasteiger partial charge in [0.2, 0.25) is 10.0 Å². The van der Waals surface area contributed by atoms with Gasteiger partial charge in [-0.05, 0) is 36.0 Å². The molecule has 3 atom stereocenters. The average molecular weight is 380 g/mol. The first-order valence-electron chi connectivity index (χ1n) is 8.17. The van der Waals surface area contributed by atoms with E-state index in [4.69, 9.17) is 0 Å². The Morgan fingerprint density at radius 2 is 2.04 bits per heavy atom. The average Bonchev–Trinajstić information content (AvgIpc) is 2.56. The number of nitrogens with one attached hydrogen (secondary N) is 1. The summed E-state index contributed by atoms with van der Waals surface area (Å²) >= 11 is 1.66. The predicted molar refractivity (Wildman–Crippen MR) is 98.8 cm³/mol. The van der Waals surface area contributed by atoms with Crippen LogP contribution < -0.4 is 4.72 Å². The van der Waals surface area contributed by atoms with E-state index in [2.05, 4.69) is 10.8 Å². The van der Waals surface area contributed by atoms with E-state index in [-0.39, 0.29) is 22.0 Å². The van der Waals surface area contributed by atoms with Crippen LogP contribution >= 0.6 is 11.8 Å². The monoisotopic (exact) mass is 379 g/mol. The molecule has 7 heteroatoms. The van der Waals surface area contributed by atoms with E-state index in [0.29, 0.717) is 0 Å². The molecule has 0 aromatic heterocycles. The topological polar surface area (TPSA) is 83.5 Å². The molecule has 0 saturated heterocycles. The molecule has 134 valence electrons. The van der Waals surface area contributed by atoms with Crippen molar-refractivity contribution in [3.05, 3.63) is 53.0 Å². The van der Waals surface area contributed by atoms with Gasteiger partial charge in [-0.3, -0.25) is 4.79 Å². The SMILES string of the molecule is CC(C)C(NS(=O)(=O)C1=CC2Sc3ccccc3CC2C=C1)C(=O)O. The lowest BCUT2D eigenvalue weighted by molar-refractivity contribution is -0.140. The van der Waals surface area contributed by atoms with Crippen molar-refractivity contribution < 1.29 is 18.3 Å². The zero-order valence-electron chi connectivity index (χ0n) is 14.0. The van der Waals surface area contributed by atoms with Crippen molar-refractivity contribution in [3.8, 4) is 0 Å². The Kier molecular flexibility index (Phi) is 5.09. The van der Waals surface area contributed by atoms with Crippen LogP contribution in [-0.4, -0.2) is 30.8 Å². The summed E-state index contributed by atoms with van der Waals surface area (Å²) in [6.45, 7) is 3.35. The number of hydrogen-bond acceptors (Lipinski definition) is 4. The quantitative estimate of drug-likeness (QED) is 0.822. The molecular formula is C18H21NO4S2. The van der Waals surface area contributed by atoms with Crippen LogP contribution in [0.5, 0.6) is 0 Å². The van der Waals surface area contributed by atoms with Crippen LogP contribution in [-0.2, 0) is 21.2 Å². The Morgan fingerprint density at radius 1 is 1.32 bits per heavy atom. The van der Waals surface area contributed by atoms with Crippen molar-refractivity contribution in [2.45, 2.75) is 36.5 Å². The van der Waals surface area contributed by atoms with Gasteiger partial charge in [-0.15, -0.1) is 11.8 Å². The van der Waals surface area contributed by atoms with Crippen molar-refractivity contribution >= 4 is 27.8 Å². The zero-order chi connectivity index (χ0) is 18.2. The molecule has 0 saturated carbocycles. The lowest BCUT2D eigenvalue weighted by Gasteiger charge is -2.31. The predicted octanol–water partition coefficient (Wildman–Crippen LogP) is 2.80. The number of fused-ring (bicyclic) bond motifs is 2. The van der Waals surface area contributed by atoms with E-state index >= 15 is 0 Å². The highest BCUT2D eigenvalue weighted by molar-refractivity contribution is 8.00. The van der Waals surface area contributed by atoms with Crippen molar-refractivity contribution in [1.82, 2.24) is 4.72 Å². The van der Waals surface area contributed by atoms with E-state index in [1.165, 1.54) is 10.5 Å². The highest BCUT2D eigenvalue weighted by Crippen LogP contribution is 2.42. The molecule has 1 aliphatic heterocycles. The van der Waals surface area contributed by atoms with Gasteiger partial charge in [-0.25, -0.2) is 8.42 Å². The highest BCUT2D eigenvalue weighted by Gasteiger charge is 2.33. The highest BCUT2D eigenvalue weighted by atomic mass is 32.2. The third kappa shape index (κ3) is 3.83. The van der Waals surface area contributed by atoms with Crippen LogP contribution in [0.15, 0.2) is 52.3 Å². The molecule has 0 bridgehead atoms. The van der Waals surface area contributed by atoms with E-state index in [1.54, 1.807) is 37.8 Å². The smallest absolute Gasteiger partial charge is 0.322 e. The largest absolute Gasteiger partial charge is 0.480 e. The Morgan fingerprint density at radius 3 is 2.72 bits per heavy atom. The van der Waals surface area contributed by atoms with Crippen LogP contribution in [0, 0.1) is 11.8 Å². The lowest BCUT2D eigenvalue weighted by atomic mass is 9.92. The minimum absolute atomic E-state index is 0.0359. The molecule has 5 nitrogen and oxygen atoms in total. The molecule has 0 spiro atoms. The lowest BCUT2D eigenvalue weighted by Crippen LogP contribution is -2.44. The summed E-state index contributed by atoms with van der Waals surface area (Å²) in [4.78, 5) is 12.6. The van der Waals surface area contributed by atoms with Crippen molar-refractivity contribution in [1.29, 1.82) is 0 Å². The molecule has 2 N–H and O–H groups in total. The summed E-state index contributed by atoms with van der Waals surface area (Å²) in [7, 11) is -3.87. The first-order valence-corrected chi connectivity index (χ1v) is 10.5. The van der Waals surface area contributed by atoms with Crippen LogP contribution in [0.1, 0.15) is 19.4 Å². The maximum absolute atomic E-state index is 12.6. The first-order chi connectivity index (χ1) is 11.8. The van der Waals surface area contributed by atoms with E-state index in [9.17, 15) is 18.3 Å². The molecule has 1 aromatic carbocycles. The number of allylic oxidation sites excluding steroid dienone is 2. The van der Waals surface area contributed by atoms with Crippen LogP contribution in [0.2, 0.25) is 0 Å². The Labute approximate surface area is 152 Å². The zero-order valence-corrected chi connectivity index (χ0v) is 15.7. The molecule has 1 heterocycles. The van der Waals surface area contributed by atoms with Crippen molar-refractivity contribution in [2.24, 2.45) is 11.8 Å². The molecule has 0 amide bonds. The second-order valence-electron chi connectivity index (χ2n) is 6.67. The van der Waals surface area contributed by atoms with E-state index in [0.717, 1.165) is 6.42 Å². The minimum atomic E-state index is -3.87. The Balaban J connectivity index is 1.84. The fourth-order valence-corrected chi connectivity index (χ4v) is 5.89. The molecule has 1 aliphatic carbocycles. The fraction of sp³-hybridized carbons (Fsp3) is 0.389.